The van der Waals surface area contributed by atoms with Crippen LogP contribution in [0.4, 0.5) is 5.69 Å². The van der Waals surface area contributed by atoms with E-state index in [1.807, 2.05) is 24.3 Å². The van der Waals surface area contributed by atoms with Crippen LogP contribution in [-0.2, 0) is 16.4 Å². The van der Waals surface area contributed by atoms with Crippen LogP contribution >= 0.6 is 0 Å². The van der Waals surface area contributed by atoms with Crippen LogP contribution in [-0.4, -0.2) is 14.7 Å². The molecule has 0 aliphatic rings. The number of rotatable bonds is 5. The third-order valence-corrected chi connectivity index (χ3v) is 4.40. The molecule has 0 amide bonds. The maximum atomic E-state index is 11.4. The highest BCUT2D eigenvalue weighted by molar-refractivity contribution is 7.90. The van der Waals surface area contributed by atoms with Crippen molar-refractivity contribution in [2.45, 2.75) is 17.5 Å². The molecule has 0 spiro atoms. The van der Waals surface area contributed by atoms with Crippen LogP contribution in [0, 0.1) is 11.3 Å². The van der Waals surface area contributed by atoms with Crippen molar-refractivity contribution < 1.29 is 8.42 Å². The zero-order valence-corrected chi connectivity index (χ0v) is 13.0. The second-order valence-corrected chi connectivity index (χ2v) is 6.96. The lowest BCUT2D eigenvalue weighted by Gasteiger charge is -2.14. The first-order chi connectivity index (χ1) is 10.4. The van der Waals surface area contributed by atoms with Gasteiger partial charge in [-0.15, -0.1) is 0 Å². The van der Waals surface area contributed by atoms with E-state index >= 15 is 0 Å². The molecule has 0 aliphatic carbocycles. The first-order valence-corrected chi connectivity index (χ1v) is 8.58. The summed E-state index contributed by atoms with van der Waals surface area (Å²) >= 11 is 0. The van der Waals surface area contributed by atoms with E-state index in [1.165, 1.54) is 12.1 Å². The van der Waals surface area contributed by atoms with Gasteiger partial charge in [0.2, 0.25) is 0 Å². The average Bonchev–Trinajstić information content (AvgIpc) is 2.52. The summed E-state index contributed by atoms with van der Waals surface area (Å²) in [6, 6.07) is 15.5. The van der Waals surface area contributed by atoms with E-state index in [1.54, 1.807) is 12.1 Å². The molecule has 0 aromatic heterocycles. The fraction of sp³-hybridized carbons (Fsp3) is 0.188. The molecular weight excluding hydrogens is 298 g/mol. The van der Waals surface area contributed by atoms with Gasteiger partial charge in [-0.3, -0.25) is 0 Å². The Labute approximate surface area is 130 Å². The van der Waals surface area contributed by atoms with Crippen LogP contribution < -0.4 is 11.1 Å². The summed E-state index contributed by atoms with van der Waals surface area (Å²) in [4.78, 5) is 0.249. The number of nitrogens with two attached hydrogens (primary N) is 1. The Bertz CT molecular complexity index is 776. The van der Waals surface area contributed by atoms with Crippen molar-refractivity contribution in [3.05, 3.63) is 59.7 Å². The van der Waals surface area contributed by atoms with Crippen molar-refractivity contribution in [1.82, 2.24) is 0 Å². The van der Waals surface area contributed by atoms with Gasteiger partial charge in [-0.25, -0.2) is 8.42 Å². The SMILES string of the molecule is CS(=O)(=O)c1ccc(NC(C#N)c2ccc(CN)cc2)cc1. The van der Waals surface area contributed by atoms with Crippen molar-refractivity contribution in [2.75, 3.05) is 11.6 Å². The minimum absolute atomic E-state index is 0.249. The molecule has 0 radical (unpaired) electrons. The molecule has 0 saturated carbocycles. The molecule has 0 aliphatic heterocycles. The van der Waals surface area contributed by atoms with Gasteiger partial charge in [0.05, 0.1) is 11.0 Å². The molecule has 2 aromatic carbocycles. The number of nitriles is 1. The van der Waals surface area contributed by atoms with E-state index in [0.717, 1.165) is 17.4 Å². The molecule has 0 bridgehead atoms. The monoisotopic (exact) mass is 315 g/mol. The molecule has 1 atom stereocenters. The Morgan fingerprint density at radius 1 is 1.14 bits per heavy atom. The normalized spacial score (nSPS) is 12.4. The zero-order chi connectivity index (χ0) is 16.2. The van der Waals surface area contributed by atoms with Gasteiger partial charge in [0, 0.05) is 18.5 Å². The molecule has 0 fully saturated rings. The van der Waals surface area contributed by atoms with Gasteiger partial charge >= 0.3 is 0 Å². The number of hydrogen-bond donors (Lipinski definition) is 2. The first-order valence-electron chi connectivity index (χ1n) is 6.69. The van der Waals surface area contributed by atoms with Gasteiger partial charge in [-0.05, 0) is 35.4 Å². The number of hydrogen-bond acceptors (Lipinski definition) is 5. The van der Waals surface area contributed by atoms with Crippen molar-refractivity contribution in [1.29, 1.82) is 5.26 Å². The highest BCUT2D eigenvalue weighted by Crippen LogP contribution is 2.21. The maximum Gasteiger partial charge on any atom is 0.175 e. The molecule has 0 heterocycles. The highest BCUT2D eigenvalue weighted by atomic mass is 32.2. The van der Waals surface area contributed by atoms with Gasteiger partial charge < -0.3 is 11.1 Å². The molecule has 114 valence electrons. The third kappa shape index (κ3) is 3.85. The van der Waals surface area contributed by atoms with Crippen LogP contribution in [0.2, 0.25) is 0 Å². The molecule has 0 saturated heterocycles. The smallest absolute Gasteiger partial charge is 0.175 e. The molecule has 3 N–H and O–H groups in total. The molecule has 2 rings (SSSR count). The van der Waals surface area contributed by atoms with Crippen molar-refractivity contribution in [3.8, 4) is 6.07 Å². The number of anilines is 1. The number of nitrogens with zero attached hydrogens (tertiary/aromatic N) is 1. The Balaban J connectivity index is 2.18. The van der Waals surface area contributed by atoms with E-state index in [2.05, 4.69) is 11.4 Å². The van der Waals surface area contributed by atoms with Crippen molar-refractivity contribution in [2.24, 2.45) is 5.73 Å². The lowest BCUT2D eigenvalue weighted by Crippen LogP contribution is -2.09. The molecular formula is C16H17N3O2S. The minimum Gasteiger partial charge on any atom is -0.366 e. The summed E-state index contributed by atoms with van der Waals surface area (Å²) < 4.78 is 22.8. The number of nitrogens with one attached hydrogen (secondary N) is 1. The average molecular weight is 315 g/mol. The summed E-state index contributed by atoms with van der Waals surface area (Å²) in [6.45, 7) is 0.456. The van der Waals surface area contributed by atoms with Gasteiger partial charge in [-0.1, -0.05) is 24.3 Å². The lowest BCUT2D eigenvalue weighted by molar-refractivity contribution is 0.602. The fourth-order valence-electron chi connectivity index (χ4n) is 2.00. The van der Waals surface area contributed by atoms with Crippen LogP contribution in [0.25, 0.3) is 0 Å². The third-order valence-electron chi connectivity index (χ3n) is 3.27. The molecule has 6 heteroatoms. The van der Waals surface area contributed by atoms with Crippen LogP contribution in [0.3, 0.4) is 0 Å². The summed E-state index contributed by atoms with van der Waals surface area (Å²) in [7, 11) is -3.22. The van der Waals surface area contributed by atoms with Gasteiger partial charge in [0.25, 0.3) is 0 Å². The van der Waals surface area contributed by atoms with Crippen LogP contribution in [0.5, 0.6) is 0 Å². The largest absolute Gasteiger partial charge is 0.366 e. The standard InChI is InChI=1S/C16H17N3O2S/c1-22(20,21)15-8-6-14(7-9-15)19-16(11-18)13-4-2-12(10-17)3-5-13/h2-9,16,19H,10,17H2,1H3. The Kier molecular flexibility index (Phi) is 4.81. The van der Waals surface area contributed by atoms with E-state index < -0.39 is 15.9 Å². The minimum atomic E-state index is -3.22. The predicted octanol–water partition coefficient (Wildman–Crippen LogP) is 2.23. The molecule has 5 nitrogen and oxygen atoms in total. The summed E-state index contributed by atoms with van der Waals surface area (Å²) in [5.74, 6) is 0. The topological polar surface area (TPSA) is 96.0 Å². The molecule has 2 aromatic rings. The number of sulfone groups is 1. The molecule has 22 heavy (non-hydrogen) atoms. The summed E-state index contributed by atoms with van der Waals surface area (Å²) in [5.41, 5.74) is 8.06. The lowest BCUT2D eigenvalue weighted by atomic mass is 10.1. The first kappa shape index (κ1) is 16.0. The van der Waals surface area contributed by atoms with Gasteiger partial charge in [0.15, 0.2) is 9.84 Å². The van der Waals surface area contributed by atoms with Gasteiger partial charge in [-0.2, -0.15) is 5.26 Å². The Morgan fingerprint density at radius 3 is 2.18 bits per heavy atom. The van der Waals surface area contributed by atoms with Crippen molar-refractivity contribution in [3.63, 3.8) is 0 Å². The second kappa shape index (κ2) is 6.60. The van der Waals surface area contributed by atoms with E-state index in [-0.39, 0.29) is 4.90 Å². The molecule has 1 unspecified atom stereocenters. The van der Waals surface area contributed by atoms with E-state index in [4.69, 9.17) is 5.73 Å². The predicted molar refractivity (Wildman–Crippen MR) is 85.9 cm³/mol. The van der Waals surface area contributed by atoms with Crippen LogP contribution in [0.15, 0.2) is 53.4 Å². The second-order valence-electron chi connectivity index (χ2n) is 4.95. The van der Waals surface area contributed by atoms with Crippen LogP contribution in [0.1, 0.15) is 17.2 Å². The number of benzene rings is 2. The maximum absolute atomic E-state index is 11.4. The van der Waals surface area contributed by atoms with E-state index in [0.29, 0.717) is 12.2 Å². The van der Waals surface area contributed by atoms with Gasteiger partial charge in [0.1, 0.15) is 6.04 Å². The zero-order valence-electron chi connectivity index (χ0n) is 12.2. The fourth-order valence-corrected chi connectivity index (χ4v) is 2.63. The highest BCUT2D eigenvalue weighted by Gasteiger charge is 2.11. The van der Waals surface area contributed by atoms with Crippen molar-refractivity contribution >= 4 is 15.5 Å². The van der Waals surface area contributed by atoms with E-state index in [9.17, 15) is 13.7 Å². The Morgan fingerprint density at radius 2 is 1.73 bits per heavy atom. The summed E-state index contributed by atoms with van der Waals surface area (Å²) in [5, 5.41) is 12.4. The summed E-state index contributed by atoms with van der Waals surface area (Å²) in [6.07, 6.45) is 1.16. The quantitative estimate of drug-likeness (QED) is 0.882. The Hall–Kier alpha value is -2.36.